The fourth-order valence-electron chi connectivity index (χ4n) is 1.97. The largest absolute Gasteiger partial charge is 0.342 e. The summed E-state index contributed by atoms with van der Waals surface area (Å²) < 4.78 is 0. The molecular weight excluding hydrogens is 174 g/mol. The van der Waals surface area contributed by atoms with Crippen LogP contribution in [0.4, 0.5) is 0 Å². The van der Waals surface area contributed by atoms with Gasteiger partial charge in [0.2, 0.25) is 0 Å². The van der Waals surface area contributed by atoms with Crippen LogP contribution in [0.25, 0.3) is 0 Å². The van der Waals surface area contributed by atoms with Crippen LogP contribution in [0.2, 0.25) is 0 Å². The Balaban J connectivity index is 2.51. The van der Waals surface area contributed by atoms with Crippen molar-refractivity contribution in [1.29, 1.82) is 0 Å². The van der Waals surface area contributed by atoms with Gasteiger partial charge in [-0.3, -0.25) is 4.79 Å². The molecule has 1 aromatic carbocycles. The minimum atomic E-state index is 0.157. The first-order chi connectivity index (χ1) is 6.70. The van der Waals surface area contributed by atoms with E-state index in [0.717, 1.165) is 18.5 Å². The van der Waals surface area contributed by atoms with Gasteiger partial charge in [-0.25, -0.2) is 0 Å². The fraction of sp³-hybridized carbons (Fsp3) is 0.417. The molecule has 2 rings (SSSR count). The zero-order valence-corrected chi connectivity index (χ0v) is 8.66. The Kier molecular flexibility index (Phi) is 2.28. The molecule has 0 spiro atoms. The van der Waals surface area contributed by atoms with Gasteiger partial charge in [-0.05, 0) is 24.0 Å². The molecule has 1 aliphatic heterocycles. The third kappa shape index (κ3) is 1.41. The van der Waals surface area contributed by atoms with Crippen molar-refractivity contribution in [3.05, 3.63) is 35.4 Å². The van der Waals surface area contributed by atoms with Crippen LogP contribution in [-0.2, 0) is 0 Å². The van der Waals surface area contributed by atoms with E-state index in [9.17, 15) is 4.79 Å². The van der Waals surface area contributed by atoms with Gasteiger partial charge in [-0.2, -0.15) is 0 Å². The van der Waals surface area contributed by atoms with E-state index in [1.54, 1.807) is 0 Å². The summed E-state index contributed by atoms with van der Waals surface area (Å²) in [6, 6.07) is 7.93. The lowest BCUT2D eigenvalue weighted by molar-refractivity contribution is 0.0799. The molecule has 2 nitrogen and oxygen atoms in total. The van der Waals surface area contributed by atoms with Crippen LogP contribution in [0.3, 0.4) is 0 Å². The highest BCUT2D eigenvalue weighted by Crippen LogP contribution is 2.26. The zero-order valence-electron chi connectivity index (χ0n) is 8.66. The molecule has 0 saturated heterocycles. The Bertz CT molecular complexity index is 359. The Hall–Kier alpha value is -1.31. The quantitative estimate of drug-likeness (QED) is 0.613. The summed E-state index contributed by atoms with van der Waals surface area (Å²) in [7, 11) is 1.87. The molecular formula is C12H15NO. The summed E-state index contributed by atoms with van der Waals surface area (Å²) in [6.45, 7) is 3.04. The van der Waals surface area contributed by atoms with E-state index in [2.05, 4.69) is 13.0 Å². The van der Waals surface area contributed by atoms with Crippen LogP contribution in [0.5, 0.6) is 0 Å². The number of fused-ring (bicyclic) bond motifs is 1. The number of rotatable bonds is 0. The van der Waals surface area contributed by atoms with Gasteiger partial charge < -0.3 is 4.90 Å². The van der Waals surface area contributed by atoms with Gasteiger partial charge in [0.15, 0.2) is 0 Å². The molecule has 1 aliphatic rings. The van der Waals surface area contributed by atoms with Gasteiger partial charge in [-0.1, -0.05) is 25.1 Å². The molecule has 1 aromatic rings. The molecule has 1 atom stereocenters. The van der Waals surface area contributed by atoms with Crippen molar-refractivity contribution in [3.63, 3.8) is 0 Å². The molecule has 0 N–H and O–H groups in total. The van der Waals surface area contributed by atoms with E-state index < -0.39 is 0 Å². The van der Waals surface area contributed by atoms with Crippen molar-refractivity contribution < 1.29 is 4.79 Å². The normalized spacial score (nSPS) is 21.7. The first-order valence-corrected chi connectivity index (χ1v) is 5.04. The number of hydrogen-bond acceptors (Lipinski definition) is 1. The van der Waals surface area contributed by atoms with E-state index in [1.165, 1.54) is 5.56 Å². The summed E-state index contributed by atoms with van der Waals surface area (Å²) in [5.41, 5.74) is 2.07. The topological polar surface area (TPSA) is 20.3 Å². The summed E-state index contributed by atoms with van der Waals surface area (Å²) in [4.78, 5) is 13.7. The standard InChI is InChI=1S/C12H15NO/c1-9-7-8-13(2)12(14)11-6-4-3-5-10(9)11/h3-6,9H,7-8H2,1-2H3. The SMILES string of the molecule is CC1CCN(C)C(=O)c2ccccc21. The molecule has 2 heteroatoms. The summed E-state index contributed by atoms with van der Waals surface area (Å²) in [5.74, 6) is 0.644. The Labute approximate surface area is 84.5 Å². The molecule has 1 amide bonds. The number of amides is 1. The van der Waals surface area contributed by atoms with Gasteiger partial charge in [-0.15, -0.1) is 0 Å². The monoisotopic (exact) mass is 189 g/mol. The Morgan fingerprint density at radius 1 is 1.36 bits per heavy atom. The summed E-state index contributed by atoms with van der Waals surface area (Å²) in [5, 5.41) is 0. The Morgan fingerprint density at radius 3 is 2.86 bits per heavy atom. The molecule has 0 bridgehead atoms. The van der Waals surface area contributed by atoms with Crippen LogP contribution < -0.4 is 0 Å². The lowest BCUT2D eigenvalue weighted by Gasteiger charge is -2.13. The first kappa shape index (κ1) is 9.25. The van der Waals surface area contributed by atoms with E-state index in [1.807, 2.05) is 30.1 Å². The smallest absolute Gasteiger partial charge is 0.253 e. The van der Waals surface area contributed by atoms with Crippen molar-refractivity contribution in [2.75, 3.05) is 13.6 Å². The number of carbonyl (C=O) groups excluding carboxylic acids is 1. The average Bonchev–Trinajstić information content (AvgIpc) is 2.33. The van der Waals surface area contributed by atoms with E-state index in [0.29, 0.717) is 5.92 Å². The van der Waals surface area contributed by atoms with Crippen molar-refractivity contribution in [2.45, 2.75) is 19.3 Å². The number of hydrogen-bond donors (Lipinski definition) is 0. The van der Waals surface area contributed by atoms with Crippen LogP contribution in [-0.4, -0.2) is 24.4 Å². The minimum Gasteiger partial charge on any atom is -0.342 e. The molecule has 0 saturated carbocycles. The number of nitrogens with zero attached hydrogens (tertiary/aromatic N) is 1. The summed E-state index contributed by atoms with van der Waals surface area (Å²) >= 11 is 0. The van der Waals surface area contributed by atoms with Crippen LogP contribution in [0, 0.1) is 0 Å². The maximum absolute atomic E-state index is 11.9. The van der Waals surface area contributed by atoms with Gasteiger partial charge >= 0.3 is 0 Å². The highest BCUT2D eigenvalue weighted by molar-refractivity contribution is 5.96. The molecule has 0 aliphatic carbocycles. The van der Waals surface area contributed by atoms with Crippen LogP contribution in [0.15, 0.2) is 24.3 Å². The first-order valence-electron chi connectivity index (χ1n) is 5.04. The fourth-order valence-corrected chi connectivity index (χ4v) is 1.97. The molecule has 74 valence electrons. The highest BCUT2D eigenvalue weighted by atomic mass is 16.2. The maximum atomic E-state index is 11.9. The molecule has 14 heavy (non-hydrogen) atoms. The van der Waals surface area contributed by atoms with Crippen molar-refractivity contribution in [3.8, 4) is 0 Å². The van der Waals surface area contributed by atoms with Crippen molar-refractivity contribution >= 4 is 5.91 Å². The van der Waals surface area contributed by atoms with Crippen LogP contribution in [0.1, 0.15) is 35.2 Å². The zero-order chi connectivity index (χ0) is 10.1. The number of benzene rings is 1. The highest BCUT2D eigenvalue weighted by Gasteiger charge is 2.22. The van der Waals surface area contributed by atoms with Gasteiger partial charge in [0.1, 0.15) is 0 Å². The van der Waals surface area contributed by atoms with Gasteiger partial charge in [0, 0.05) is 19.2 Å². The second-order valence-electron chi connectivity index (χ2n) is 4.00. The van der Waals surface area contributed by atoms with Crippen LogP contribution >= 0.6 is 0 Å². The lowest BCUT2D eigenvalue weighted by Crippen LogP contribution is -2.26. The predicted molar refractivity (Wildman–Crippen MR) is 56.4 cm³/mol. The molecule has 0 aromatic heterocycles. The van der Waals surface area contributed by atoms with E-state index in [-0.39, 0.29) is 5.91 Å². The number of carbonyl (C=O) groups is 1. The van der Waals surface area contributed by atoms with Crippen molar-refractivity contribution in [2.24, 2.45) is 0 Å². The second kappa shape index (κ2) is 3.45. The van der Waals surface area contributed by atoms with Crippen molar-refractivity contribution in [1.82, 2.24) is 4.90 Å². The Morgan fingerprint density at radius 2 is 2.07 bits per heavy atom. The van der Waals surface area contributed by atoms with Gasteiger partial charge in [0.25, 0.3) is 5.91 Å². The third-order valence-electron chi connectivity index (χ3n) is 2.97. The minimum absolute atomic E-state index is 0.157. The predicted octanol–water partition coefficient (Wildman–Crippen LogP) is 2.27. The summed E-state index contributed by atoms with van der Waals surface area (Å²) in [6.07, 6.45) is 1.05. The van der Waals surface area contributed by atoms with E-state index >= 15 is 0 Å². The molecule has 1 unspecified atom stereocenters. The molecule has 0 radical (unpaired) electrons. The molecule has 0 fully saturated rings. The molecule has 1 heterocycles. The lowest BCUT2D eigenvalue weighted by atomic mass is 9.94. The van der Waals surface area contributed by atoms with E-state index in [4.69, 9.17) is 0 Å². The second-order valence-corrected chi connectivity index (χ2v) is 4.00. The third-order valence-corrected chi connectivity index (χ3v) is 2.97. The van der Waals surface area contributed by atoms with Gasteiger partial charge in [0.05, 0.1) is 0 Å². The maximum Gasteiger partial charge on any atom is 0.253 e. The average molecular weight is 189 g/mol.